The molecule has 1 heterocycles. The molecule has 0 saturated carbocycles. The second-order valence-corrected chi connectivity index (χ2v) is 5.72. The summed E-state index contributed by atoms with van der Waals surface area (Å²) in [4.78, 5) is 12.0. The van der Waals surface area contributed by atoms with E-state index in [0.717, 1.165) is 48.1 Å². The van der Waals surface area contributed by atoms with E-state index < -0.39 is 0 Å². The third-order valence-electron chi connectivity index (χ3n) is 3.43. The van der Waals surface area contributed by atoms with Crippen LogP contribution in [-0.4, -0.2) is 25.5 Å². The fraction of sp³-hybridized carbons (Fsp3) is 0.500. The molecule has 1 aliphatic heterocycles. The van der Waals surface area contributed by atoms with Crippen LogP contribution in [0.25, 0.3) is 0 Å². The molecule has 1 aromatic carbocycles. The zero-order valence-corrected chi connectivity index (χ0v) is 12.2. The summed E-state index contributed by atoms with van der Waals surface area (Å²) in [5.41, 5.74) is 1.83. The van der Waals surface area contributed by atoms with Gasteiger partial charge in [0, 0.05) is 16.6 Å². The molecule has 1 aliphatic rings. The highest BCUT2D eigenvalue weighted by molar-refractivity contribution is 9.10. The number of rotatable bonds is 3. The first-order valence-electron chi connectivity index (χ1n) is 6.42. The molecule has 0 bridgehead atoms. The lowest BCUT2D eigenvalue weighted by atomic mass is 9.98. The van der Waals surface area contributed by atoms with Crippen molar-refractivity contribution in [2.24, 2.45) is 5.92 Å². The maximum atomic E-state index is 12.0. The van der Waals surface area contributed by atoms with E-state index in [1.807, 2.05) is 25.1 Å². The van der Waals surface area contributed by atoms with Gasteiger partial charge in [0.15, 0.2) is 0 Å². The molecular formula is C14H19BrN2O. The van der Waals surface area contributed by atoms with Crippen molar-refractivity contribution in [1.29, 1.82) is 0 Å². The van der Waals surface area contributed by atoms with Crippen LogP contribution in [0.4, 0.5) is 0 Å². The molecule has 0 aromatic heterocycles. The van der Waals surface area contributed by atoms with E-state index in [1.165, 1.54) is 0 Å². The van der Waals surface area contributed by atoms with E-state index in [9.17, 15) is 4.79 Å². The van der Waals surface area contributed by atoms with Crippen molar-refractivity contribution in [3.63, 3.8) is 0 Å². The topological polar surface area (TPSA) is 41.1 Å². The highest BCUT2D eigenvalue weighted by Gasteiger charge is 2.14. The van der Waals surface area contributed by atoms with Crippen molar-refractivity contribution in [1.82, 2.24) is 10.6 Å². The quantitative estimate of drug-likeness (QED) is 0.900. The summed E-state index contributed by atoms with van der Waals surface area (Å²) in [6, 6.07) is 5.70. The van der Waals surface area contributed by atoms with Crippen molar-refractivity contribution in [3.05, 3.63) is 33.8 Å². The van der Waals surface area contributed by atoms with Gasteiger partial charge >= 0.3 is 0 Å². The summed E-state index contributed by atoms with van der Waals surface area (Å²) in [6.07, 6.45) is 2.30. The van der Waals surface area contributed by atoms with Gasteiger partial charge in [0.2, 0.25) is 0 Å². The van der Waals surface area contributed by atoms with Crippen LogP contribution >= 0.6 is 15.9 Å². The average molecular weight is 311 g/mol. The number of benzene rings is 1. The third-order valence-corrected chi connectivity index (χ3v) is 4.32. The van der Waals surface area contributed by atoms with E-state index in [4.69, 9.17) is 0 Å². The van der Waals surface area contributed by atoms with Crippen molar-refractivity contribution in [2.45, 2.75) is 19.8 Å². The van der Waals surface area contributed by atoms with Gasteiger partial charge in [0.05, 0.1) is 0 Å². The predicted molar refractivity (Wildman–Crippen MR) is 76.8 cm³/mol. The molecule has 1 fully saturated rings. The number of amides is 1. The van der Waals surface area contributed by atoms with Gasteiger partial charge < -0.3 is 10.6 Å². The van der Waals surface area contributed by atoms with Gasteiger partial charge in [-0.1, -0.05) is 15.9 Å². The lowest BCUT2D eigenvalue weighted by Gasteiger charge is -2.22. The van der Waals surface area contributed by atoms with Crippen LogP contribution in [0.5, 0.6) is 0 Å². The average Bonchev–Trinajstić information content (AvgIpc) is 2.40. The van der Waals surface area contributed by atoms with Crippen molar-refractivity contribution < 1.29 is 4.79 Å². The monoisotopic (exact) mass is 310 g/mol. The van der Waals surface area contributed by atoms with Crippen LogP contribution in [0.2, 0.25) is 0 Å². The van der Waals surface area contributed by atoms with Crippen LogP contribution in [0.3, 0.4) is 0 Å². The fourth-order valence-electron chi connectivity index (χ4n) is 2.21. The van der Waals surface area contributed by atoms with E-state index in [-0.39, 0.29) is 5.91 Å². The minimum Gasteiger partial charge on any atom is -0.352 e. The van der Waals surface area contributed by atoms with E-state index in [0.29, 0.717) is 5.92 Å². The standard InChI is InChI=1S/C14H19BrN2O/c1-10-8-12(2-3-13(10)15)14(18)17-9-11-4-6-16-7-5-11/h2-3,8,11,16H,4-7,9H2,1H3,(H,17,18). The molecule has 0 aliphatic carbocycles. The summed E-state index contributed by atoms with van der Waals surface area (Å²) in [7, 11) is 0. The summed E-state index contributed by atoms with van der Waals surface area (Å²) >= 11 is 3.44. The minimum atomic E-state index is 0.0316. The molecule has 18 heavy (non-hydrogen) atoms. The Morgan fingerprint density at radius 2 is 2.17 bits per heavy atom. The number of aryl methyl sites for hydroxylation is 1. The van der Waals surface area contributed by atoms with Crippen LogP contribution < -0.4 is 10.6 Å². The van der Waals surface area contributed by atoms with Crippen LogP contribution in [0, 0.1) is 12.8 Å². The molecule has 98 valence electrons. The van der Waals surface area contributed by atoms with Gasteiger partial charge in [0.1, 0.15) is 0 Å². The Balaban J connectivity index is 1.88. The highest BCUT2D eigenvalue weighted by Crippen LogP contribution is 2.17. The first kappa shape index (κ1) is 13.6. The Bertz CT molecular complexity index is 428. The normalized spacial score (nSPS) is 16.6. The van der Waals surface area contributed by atoms with Gasteiger partial charge in [-0.2, -0.15) is 0 Å². The van der Waals surface area contributed by atoms with Gasteiger partial charge in [-0.3, -0.25) is 4.79 Å². The molecule has 3 nitrogen and oxygen atoms in total. The minimum absolute atomic E-state index is 0.0316. The van der Waals surface area contributed by atoms with Crippen molar-refractivity contribution in [2.75, 3.05) is 19.6 Å². The lowest BCUT2D eigenvalue weighted by molar-refractivity contribution is 0.0944. The fourth-order valence-corrected chi connectivity index (χ4v) is 2.46. The number of carbonyl (C=O) groups is 1. The van der Waals surface area contributed by atoms with Crippen molar-refractivity contribution >= 4 is 21.8 Å². The van der Waals surface area contributed by atoms with E-state index >= 15 is 0 Å². The molecule has 4 heteroatoms. The zero-order valence-electron chi connectivity index (χ0n) is 10.6. The Kier molecular flexibility index (Phi) is 4.78. The molecule has 2 N–H and O–H groups in total. The number of hydrogen-bond donors (Lipinski definition) is 2. The maximum absolute atomic E-state index is 12.0. The van der Waals surface area contributed by atoms with Crippen molar-refractivity contribution in [3.8, 4) is 0 Å². The molecule has 0 atom stereocenters. The van der Waals surface area contributed by atoms with Crippen LogP contribution in [0.15, 0.2) is 22.7 Å². The Morgan fingerprint density at radius 3 is 2.83 bits per heavy atom. The Hall–Kier alpha value is -0.870. The summed E-state index contributed by atoms with van der Waals surface area (Å²) in [6.45, 7) is 4.92. The van der Waals surface area contributed by atoms with Gasteiger partial charge in [0.25, 0.3) is 5.91 Å². The number of hydrogen-bond acceptors (Lipinski definition) is 2. The summed E-state index contributed by atoms with van der Waals surface area (Å²) in [5, 5.41) is 6.36. The Labute approximate surface area is 116 Å². The largest absolute Gasteiger partial charge is 0.352 e. The first-order chi connectivity index (χ1) is 8.66. The molecule has 0 radical (unpaired) electrons. The van der Waals surface area contributed by atoms with Gasteiger partial charge in [-0.25, -0.2) is 0 Å². The molecular weight excluding hydrogens is 292 g/mol. The maximum Gasteiger partial charge on any atom is 0.251 e. The van der Waals surface area contributed by atoms with Crippen LogP contribution in [-0.2, 0) is 0 Å². The molecule has 1 amide bonds. The summed E-state index contributed by atoms with van der Waals surface area (Å²) in [5.74, 6) is 0.649. The van der Waals surface area contributed by atoms with E-state index in [2.05, 4.69) is 26.6 Å². The third kappa shape index (κ3) is 3.56. The van der Waals surface area contributed by atoms with Gasteiger partial charge in [-0.05, 0) is 62.5 Å². The predicted octanol–water partition coefficient (Wildman–Crippen LogP) is 2.49. The first-order valence-corrected chi connectivity index (χ1v) is 7.21. The molecule has 0 spiro atoms. The smallest absolute Gasteiger partial charge is 0.251 e. The molecule has 0 unspecified atom stereocenters. The second kappa shape index (κ2) is 6.34. The molecule has 2 rings (SSSR count). The second-order valence-electron chi connectivity index (χ2n) is 4.87. The number of piperidine rings is 1. The zero-order chi connectivity index (χ0) is 13.0. The lowest BCUT2D eigenvalue weighted by Crippen LogP contribution is -2.35. The highest BCUT2D eigenvalue weighted by atomic mass is 79.9. The molecule has 1 aromatic rings. The van der Waals surface area contributed by atoms with E-state index in [1.54, 1.807) is 0 Å². The number of nitrogens with one attached hydrogen (secondary N) is 2. The molecule has 1 saturated heterocycles. The van der Waals surface area contributed by atoms with Gasteiger partial charge in [-0.15, -0.1) is 0 Å². The summed E-state index contributed by atoms with van der Waals surface area (Å²) < 4.78 is 1.04. The Morgan fingerprint density at radius 1 is 1.44 bits per heavy atom. The number of halogens is 1. The van der Waals surface area contributed by atoms with Crippen LogP contribution in [0.1, 0.15) is 28.8 Å². The number of carbonyl (C=O) groups excluding carboxylic acids is 1. The SMILES string of the molecule is Cc1cc(C(=O)NCC2CCNCC2)ccc1Br.